The molecule has 96 valence electrons. The monoisotopic (exact) mass is 250 g/mol. The Balaban J connectivity index is 1.92. The van der Waals surface area contributed by atoms with Crippen molar-refractivity contribution in [3.8, 4) is 0 Å². The SMILES string of the molecule is Cc1cc2c(o1)[C@H](c1ccccc1)[C@@H]1C=C[C@@H]2CC1. The summed E-state index contributed by atoms with van der Waals surface area (Å²) in [6.07, 6.45) is 7.34. The predicted molar refractivity (Wildman–Crippen MR) is 76.3 cm³/mol. The third kappa shape index (κ3) is 1.68. The largest absolute Gasteiger partial charge is 0.465 e. The van der Waals surface area contributed by atoms with Crippen LogP contribution in [0.4, 0.5) is 0 Å². The van der Waals surface area contributed by atoms with Gasteiger partial charge in [0.15, 0.2) is 0 Å². The molecule has 1 heterocycles. The minimum Gasteiger partial charge on any atom is -0.465 e. The minimum absolute atomic E-state index is 0.397. The Labute approximate surface area is 114 Å². The third-order valence-electron chi connectivity index (χ3n) is 4.58. The molecule has 2 aromatic rings. The Kier molecular flexibility index (Phi) is 2.41. The quantitative estimate of drug-likeness (QED) is 0.664. The lowest BCUT2D eigenvalue weighted by Crippen LogP contribution is -2.12. The van der Waals surface area contributed by atoms with Crippen LogP contribution >= 0.6 is 0 Å². The number of hydrogen-bond donors (Lipinski definition) is 0. The van der Waals surface area contributed by atoms with Crippen molar-refractivity contribution in [2.45, 2.75) is 31.6 Å². The summed E-state index contributed by atoms with van der Waals surface area (Å²) in [6.45, 7) is 2.06. The highest BCUT2D eigenvalue weighted by Crippen LogP contribution is 2.48. The summed E-state index contributed by atoms with van der Waals surface area (Å²) in [5, 5.41) is 0. The van der Waals surface area contributed by atoms with Gasteiger partial charge >= 0.3 is 0 Å². The summed E-state index contributed by atoms with van der Waals surface area (Å²) in [5.74, 6) is 3.81. The molecule has 0 radical (unpaired) electrons. The van der Waals surface area contributed by atoms with E-state index >= 15 is 0 Å². The molecule has 3 aliphatic rings. The highest BCUT2D eigenvalue weighted by molar-refractivity contribution is 5.42. The third-order valence-corrected chi connectivity index (χ3v) is 4.58. The lowest BCUT2D eigenvalue weighted by Gasteiger charge is -2.23. The Morgan fingerprint density at radius 2 is 1.89 bits per heavy atom. The Morgan fingerprint density at radius 1 is 1.05 bits per heavy atom. The summed E-state index contributed by atoms with van der Waals surface area (Å²) in [7, 11) is 0. The van der Waals surface area contributed by atoms with E-state index < -0.39 is 0 Å². The molecule has 1 aromatic heterocycles. The molecular formula is C18H18O. The zero-order valence-electron chi connectivity index (χ0n) is 11.2. The summed E-state index contributed by atoms with van der Waals surface area (Å²) >= 11 is 0. The van der Waals surface area contributed by atoms with Gasteiger partial charge in [0.25, 0.3) is 0 Å². The maximum Gasteiger partial charge on any atom is 0.115 e. The molecule has 3 aliphatic carbocycles. The van der Waals surface area contributed by atoms with Gasteiger partial charge in [-0.25, -0.2) is 0 Å². The van der Waals surface area contributed by atoms with E-state index in [4.69, 9.17) is 4.42 Å². The number of benzene rings is 1. The van der Waals surface area contributed by atoms with Crippen LogP contribution < -0.4 is 0 Å². The first kappa shape index (κ1) is 11.1. The fraction of sp³-hybridized carbons (Fsp3) is 0.333. The molecule has 0 N–H and O–H groups in total. The van der Waals surface area contributed by atoms with Gasteiger partial charge in [-0.2, -0.15) is 0 Å². The normalized spacial score (nSPS) is 28.2. The van der Waals surface area contributed by atoms with Gasteiger partial charge in [0, 0.05) is 17.4 Å². The van der Waals surface area contributed by atoms with Crippen molar-refractivity contribution in [2.24, 2.45) is 5.92 Å². The molecule has 1 aromatic carbocycles. The van der Waals surface area contributed by atoms with Crippen LogP contribution in [0.3, 0.4) is 0 Å². The molecule has 0 amide bonds. The van der Waals surface area contributed by atoms with E-state index in [1.54, 1.807) is 0 Å². The molecule has 0 fully saturated rings. The van der Waals surface area contributed by atoms with Crippen LogP contribution in [0.1, 0.15) is 47.3 Å². The number of fused-ring (bicyclic) bond motifs is 1. The molecular weight excluding hydrogens is 232 g/mol. The first-order chi connectivity index (χ1) is 9.33. The van der Waals surface area contributed by atoms with Crippen molar-refractivity contribution in [2.75, 3.05) is 0 Å². The van der Waals surface area contributed by atoms with Crippen molar-refractivity contribution < 1.29 is 4.42 Å². The second kappa shape index (κ2) is 4.12. The predicted octanol–water partition coefficient (Wildman–Crippen LogP) is 4.78. The first-order valence-corrected chi connectivity index (χ1v) is 7.16. The zero-order valence-corrected chi connectivity index (χ0v) is 11.2. The molecule has 0 spiro atoms. The van der Waals surface area contributed by atoms with Gasteiger partial charge in [0.1, 0.15) is 11.5 Å². The lowest BCUT2D eigenvalue weighted by molar-refractivity contribution is 0.411. The molecule has 0 saturated carbocycles. The molecule has 19 heavy (non-hydrogen) atoms. The fourth-order valence-corrected chi connectivity index (χ4v) is 3.72. The van der Waals surface area contributed by atoms with Gasteiger partial charge in [-0.05, 0) is 37.3 Å². The van der Waals surface area contributed by atoms with Crippen molar-refractivity contribution in [3.05, 3.63) is 71.2 Å². The second-order valence-electron chi connectivity index (χ2n) is 5.80. The van der Waals surface area contributed by atoms with E-state index in [2.05, 4.69) is 55.5 Å². The highest BCUT2D eigenvalue weighted by Gasteiger charge is 2.36. The summed E-state index contributed by atoms with van der Waals surface area (Å²) in [5.41, 5.74) is 2.80. The molecule has 5 rings (SSSR count). The zero-order chi connectivity index (χ0) is 12.8. The number of hydrogen-bond acceptors (Lipinski definition) is 1. The summed E-state index contributed by atoms with van der Waals surface area (Å²) in [6, 6.07) is 13.1. The van der Waals surface area contributed by atoms with Crippen molar-refractivity contribution in [1.82, 2.24) is 0 Å². The molecule has 2 bridgehead atoms. The van der Waals surface area contributed by atoms with Gasteiger partial charge in [-0.15, -0.1) is 0 Å². The maximum absolute atomic E-state index is 6.09. The van der Waals surface area contributed by atoms with Crippen LogP contribution in [0.5, 0.6) is 0 Å². The molecule has 0 unspecified atom stereocenters. The number of aryl methyl sites for hydroxylation is 1. The van der Waals surface area contributed by atoms with Crippen LogP contribution in [-0.2, 0) is 0 Å². The van der Waals surface area contributed by atoms with Gasteiger partial charge < -0.3 is 4.42 Å². The van der Waals surface area contributed by atoms with E-state index in [9.17, 15) is 0 Å². The van der Waals surface area contributed by atoms with Crippen molar-refractivity contribution >= 4 is 0 Å². The van der Waals surface area contributed by atoms with Gasteiger partial charge in [0.2, 0.25) is 0 Å². The van der Waals surface area contributed by atoms with E-state index in [0.717, 1.165) is 5.76 Å². The highest BCUT2D eigenvalue weighted by atomic mass is 16.3. The standard InChI is InChI=1S/C18H18O/c1-12-11-16-13-7-9-15(10-8-13)17(18(16)19-12)14-5-3-2-4-6-14/h2-7,9,11,13,15,17H,8,10H2,1H3/t13-,15-,17-/m1/s1. The van der Waals surface area contributed by atoms with Crippen LogP contribution in [0.15, 0.2) is 53.0 Å². The van der Waals surface area contributed by atoms with E-state index in [-0.39, 0.29) is 0 Å². The molecule has 3 atom stereocenters. The Bertz CT molecular complexity index is 620. The van der Waals surface area contributed by atoms with Crippen LogP contribution in [0.25, 0.3) is 0 Å². The summed E-state index contributed by atoms with van der Waals surface area (Å²) in [4.78, 5) is 0. The molecule has 1 heteroatoms. The van der Waals surface area contributed by atoms with Gasteiger partial charge in [0.05, 0.1) is 0 Å². The molecule has 0 saturated heterocycles. The Hall–Kier alpha value is -1.76. The first-order valence-electron chi connectivity index (χ1n) is 7.16. The molecule has 0 aliphatic heterocycles. The summed E-state index contributed by atoms with van der Waals surface area (Å²) < 4.78 is 6.09. The smallest absolute Gasteiger partial charge is 0.115 e. The van der Waals surface area contributed by atoms with Gasteiger partial charge in [-0.1, -0.05) is 42.5 Å². The average Bonchev–Trinajstić information content (AvgIpc) is 2.71. The van der Waals surface area contributed by atoms with Crippen LogP contribution in [0, 0.1) is 12.8 Å². The van der Waals surface area contributed by atoms with E-state index in [1.807, 2.05) is 0 Å². The maximum atomic E-state index is 6.09. The second-order valence-corrected chi connectivity index (χ2v) is 5.80. The van der Waals surface area contributed by atoms with Gasteiger partial charge in [-0.3, -0.25) is 0 Å². The lowest BCUT2D eigenvalue weighted by atomic mass is 9.81. The fourth-order valence-electron chi connectivity index (χ4n) is 3.72. The average molecular weight is 250 g/mol. The Morgan fingerprint density at radius 3 is 2.63 bits per heavy atom. The number of furan rings is 1. The van der Waals surface area contributed by atoms with E-state index in [1.165, 1.54) is 29.7 Å². The number of rotatable bonds is 1. The van der Waals surface area contributed by atoms with Crippen LogP contribution in [0.2, 0.25) is 0 Å². The molecule has 1 nitrogen and oxygen atoms in total. The number of allylic oxidation sites excluding steroid dienone is 2. The van der Waals surface area contributed by atoms with E-state index in [0.29, 0.717) is 17.8 Å². The van der Waals surface area contributed by atoms with Crippen molar-refractivity contribution in [1.29, 1.82) is 0 Å². The van der Waals surface area contributed by atoms with Crippen molar-refractivity contribution in [3.63, 3.8) is 0 Å². The topological polar surface area (TPSA) is 13.1 Å². The van der Waals surface area contributed by atoms with Crippen LogP contribution in [-0.4, -0.2) is 0 Å². The minimum atomic E-state index is 0.397.